The quantitative estimate of drug-likeness (QED) is 0.118. The fourth-order valence-electron chi connectivity index (χ4n) is 4.58. The number of nitrogens with zero attached hydrogens (tertiary/aromatic N) is 3. The van der Waals surface area contributed by atoms with E-state index in [4.69, 9.17) is 23.5 Å². The fraction of sp³-hybridized carbons (Fsp3) is 0.763. The number of rotatable bonds is 4. The van der Waals surface area contributed by atoms with Crippen molar-refractivity contribution in [3.8, 4) is 0 Å². The number of ketones is 1. The van der Waals surface area contributed by atoms with Gasteiger partial charge in [-0.1, -0.05) is 13.3 Å². The van der Waals surface area contributed by atoms with Gasteiger partial charge in [0.2, 0.25) is 0 Å². The van der Waals surface area contributed by atoms with E-state index in [2.05, 4.69) is 18.0 Å². The van der Waals surface area contributed by atoms with Crippen molar-refractivity contribution in [2.75, 3.05) is 26.2 Å². The van der Waals surface area contributed by atoms with Crippen molar-refractivity contribution < 1.29 is 87.3 Å². The van der Waals surface area contributed by atoms with Gasteiger partial charge in [0.1, 0.15) is 22.6 Å². The number of carbonyl (C=O) groups is 4. The van der Waals surface area contributed by atoms with Crippen LogP contribution in [0, 0.1) is 6.92 Å². The van der Waals surface area contributed by atoms with E-state index >= 15 is 0 Å². The van der Waals surface area contributed by atoms with E-state index in [1.165, 1.54) is 11.3 Å². The Hall–Kier alpha value is -2.92. The zero-order valence-corrected chi connectivity index (χ0v) is 38.4. The number of likely N-dealkylation sites (tertiary alicyclic amines) is 1. The molecule has 0 spiro atoms. The first kappa shape index (κ1) is 56.1. The molecule has 59 heavy (non-hydrogen) atoms. The Morgan fingerprint density at radius 3 is 1.54 bits per heavy atom. The third kappa shape index (κ3) is 19.6. The minimum Gasteiger partial charge on any atom is -0.444 e. The van der Waals surface area contributed by atoms with Crippen LogP contribution in [0.1, 0.15) is 129 Å². The van der Waals surface area contributed by atoms with Crippen LogP contribution in [-0.2, 0) is 42.6 Å². The molecule has 4 heterocycles. The summed E-state index contributed by atoms with van der Waals surface area (Å²) < 4.78 is 89.4. The average Bonchev–Trinajstić information content (AvgIpc) is 3.82. The average molecular weight is 862 g/mol. The standard InChI is InChI=1S/C15H26BNO4.C10H14F3NO5S.C9H15NO3.C4H9.Li/c1-13(2,3)19-12(18)17-9-8-11(10-17)16-20-14(4,5)15(6,7)21-16;1-9(2,3)18-8(15)14-5-4-7(6-14)19-20(16,17)10(11,12)13;1-9(2,3)13-8(12)10-5-4-7(11)6-10;1-3-4-2;/h10H,8-9H2,1-7H3;6H,4-5H2,1-3H3;4-6H2,1-3H3;1,3-4H2,2H3;/q;;;-1;+1. The minimum atomic E-state index is -5.71. The summed E-state index contributed by atoms with van der Waals surface area (Å²) in [5.41, 5.74) is -6.99. The number of alkyl halides is 3. The molecule has 0 saturated carbocycles. The zero-order chi connectivity index (χ0) is 45.3. The predicted octanol–water partition coefficient (Wildman–Crippen LogP) is 5.30. The van der Waals surface area contributed by atoms with E-state index in [1.54, 1.807) is 31.9 Å². The molecule has 2 fully saturated rings. The fourth-order valence-corrected chi connectivity index (χ4v) is 5.08. The van der Waals surface area contributed by atoms with Gasteiger partial charge in [-0.3, -0.25) is 14.6 Å². The second-order valence-electron chi connectivity index (χ2n) is 17.8. The van der Waals surface area contributed by atoms with Crippen LogP contribution in [-0.4, -0.2) is 114 Å². The van der Waals surface area contributed by atoms with Crippen molar-refractivity contribution in [1.29, 1.82) is 0 Å². The third-order valence-electron chi connectivity index (χ3n) is 8.21. The molecule has 15 nitrogen and oxygen atoms in total. The van der Waals surface area contributed by atoms with Crippen molar-refractivity contribution in [1.82, 2.24) is 14.7 Å². The molecule has 3 amide bonds. The van der Waals surface area contributed by atoms with Crippen molar-refractivity contribution in [3.05, 3.63) is 30.6 Å². The van der Waals surface area contributed by atoms with Crippen molar-refractivity contribution in [2.45, 2.75) is 163 Å². The van der Waals surface area contributed by atoms with Gasteiger partial charge >= 0.3 is 59.9 Å². The molecule has 0 aromatic heterocycles. The molecular weight excluding hydrogens is 797 g/mol. The van der Waals surface area contributed by atoms with Crippen LogP contribution in [0.5, 0.6) is 0 Å². The van der Waals surface area contributed by atoms with Gasteiger partial charge in [-0.15, -0.1) is 0 Å². The second kappa shape index (κ2) is 21.7. The summed E-state index contributed by atoms with van der Waals surface area (Å²) in [5, 5.41) is 0. The zero-order valence-electron chi connectivity index (χ0n) is 37.6. The van der Waals surface area contributed by atoms with Gasteiger partial charge in [-0.05, 0) is 102 Å². The molecule has 0 atom stereocenters. The summed E-state index contributed by atoms with van der Waals surface area (Å²) in [6, 6.07) is 0. The number of hydrogen-bond donors (Lipinski definition) is 0. The summed E-state index contributed by atoms with van der Waals surface area (Å²) in [6.07, 6.45) is 4.52. The predicted molar refractivity (Wildman–Crippen MR) is 211 cm³/mol. The number of Topliss-reactive ketones (excluding diaryl/α,β-unsaturated/α-hetero) is 1. The number of amides is 3. The van der Waals surface area contributed by atoms with Crippen LogP contribution in [0.15, 0.2) is 23.6 Å². The van der Waals surface area contributed by atoms with Crippen LogP contribution < -0.4 is 18.9 Å². The Morgan fingerprint density at radius 2 is 1.17 bits per heavy atom. The van der Waals surface area contributed by atoms with Crippen LogP contribution in [0.2, 0.25) is 0 Å². The Balaban J connectivity index is 0.000000829. The first-order valence-corrected chi connectivity index (χ1v) is 20.5. The maximum absolute atomic E-state index is 12.1. The van der Waals surface area contributed by atoms with Gasteiger partial charge in [-0.2, -0.15) is 28.0 Å². The summed E-state index contributed by atoms with van der Waals surface area (Å²) in [7, 11) is -6.10. The molecule has 0 aromatic rings. The Morgan fingerprint density at radius 1 is 0.763 bits per heavy atom. The Bertz CT molecular complexity index is 1600. The molecule has 0 aliphatic carbocycles. The van der Waals surface area contributed by atoms with Gasteiger partial charge in [-0.25, -0.2) is 14.4 Å². The molecule has 4 rings (SSSR count). The van der Waals surface area contributed by atoms with E-state index in [0.717, 1.165) is 29.4 Å². The summed E-state index contributed by atoms with van der Waals surface area (Å²) in [5.74, 6) is -0.362. The van der Waals surface area contributed by atoms with Gasteiger partial charge in [0.15, 0.2) is 5.78 Å². The minimum absolute atomic E-state index is 0. The van der Waals surface area contributed by atoms with Crippen LogP contribution in [0.3, 0.4) is 0 Å². The number of ether oxygens (including phenoxy) is 3. The largest absolute Gasteiger partial charge is 1.00 e. The van der Waals surface area contributed by atoms with Crippen molar-refractivity contribution in [3.63, 3.8) is 0 Å². The summed E-state index contributed by atoms with van der Waals surface area (Å²) in [4.78, 5) is 49.9. The Kier molecular flexibility index (Phi) is 20.7. The molecule has 4 aliphatic heterocycles. The first-order valence-electron chi connectivity index (χ1n) is 19.1. The maximum Gasteiger partial charge on any atom is 1.00 e. The van der Waals surface area contributed by atoms with Gasteiger partial charge < -0.3 is 39.5 Å². The molecule has 0 bridgehead atoms. The van der Waals surface area contributed by atoms with Gasteiger partial charge in [0.25, 0.3) is 0 Å². The summed E-state index contributed by atoms with van der Waals surface area (Å²) in [6.45, 7) is 31.0. The monoisotopic (exact) mass is 861 g/mol. The van der Waals surface area contributed by atoms with E-state index in [-0.39, 0.29) is 68.6 Å². The smallest absolute Gasteiger partial charge is 0.444 e. The van der Waals surface area contributed by atoms with Gasteiger partial charge in [0.05, 0.1) is 17.7 Å². The van der Waals surface area contributed by atoms with E-state index in [9.17, 15) is 40.8 Å². The molecule has 0 radical (unpaired) electrons. The molecular formula is C38H64BF3LiN3O12S. The number of hydrogen-bond acceptors (Lipinski definition) is 12. The maximum atomic E-state index is 12.1. The van der Waals surface area contributed by atoms with Crippen LogP contribution in [0.4, 0.5) is 27.6 Å². The molecule has 0 aromatic carbocycles. The van der Waals surface area contributed by atoms with E-state index < -0.39 is 50.4 Å². The molecule has 0 unspecified atom stereocenters. The van der Waals surface area contributed by atoms with Crippen LogP contribution in [0.25, 0.3) is 0 Å². The topological polar surface area (TPSA) is 168 Å². The van der Waals surface area contributed by atoms with Crippen molar-refractivity contribution >= 4 is 41.3 Å². The molecule has 334 valence electrons. The third-order valence-corrected chi connectivity index (χ3v) is 9.21. The molecule has 0 N–H and O–H groups in total. The van der Waals surface area contributed by atoms with Crippen molar-refractivity contribution in [2.24, 2.45) is 0 Å². The number of halogens is 3. The molecule has 4 aliphatic rings. The second-order valence-corrected chi connectivity index (χ2v) is 19.3. The first-order chi connectivity index (χ1) is 26.0. The van der Waals surface area contributed by atoms with Gasteiger partial charge in [0, 0.05) is 44.9 Å². The van der Waals surface area contributed by atoms with E-state index in [1.807, 2.05) is 69.2 Å². The number of carbonyl (C=O) groups excluding carboxylic acids is 4. The normalized spacial score (nSPS) is 18.8. The molecule has 2 saturated heterocycles. The van der Waals surface area contributed by atoms with Crippen LogP contribution >= 0.6 is 0 Å². The summed E-state index contributed by atoms with van der Waals surface area (Å²) >= 11 is 0. The Labute approximate surface area is 361 Å². The van der Waals surface area contributed by atoms with E-state index in [0.29, 0.717) is 19.5 Å². The molecule has 21 heteroatoms. The SMILES string of the molecule is CC(C)(C)OC(=O)N1C=C(B2OC(C)(C)C(C)(C)O2)CC1.CC(C)(C)OC(=O)N1C=C(OS(=O)(=O)C(F)(F)F)CC1.CC(C)(C)OC(=O)N1CCC(=O)C1.[CH2-]CCC.[Li+]. The number of unbranched alkanes of at least 4 members (excludes halogenated alkanes) is 1.